The van der Waals surface area contributed by atoms with Crippen molar-refractivity contribution >= 4 is 17.9 Å². The van der Waals surface area contributed by atoms with Gasteiger partial charge in [-0.15, -0.1) is 0 Å². The van der Waals surface area contributed by atoms with Gasteiger partial charge >= 0.3 is 0 Å². The Morgan fingerprint density at radius 1 is 0.639 bits per heavy atom. The highest BCUT2D eigenvalue weighted by molar-refractivity contribution is 6.14. The first-order valence-corrected chi connectivity index (χ1v) is 12.5. The van der Waals surface area contributed by atoms with Gasteiger partial charge in [-0.25, -0.2) is 0 Å². The molecule has 4 aromatic rings. The Morgan fingerprint density at radius 2 is 1.03 bits per heavy atom. The standard InChI is InChI=1S/C32H33N3O/c1-22-16-26(24(3)34(22)30-12-8-6-9-13-30)18-28-20-33(5)21-29(32(28)36)19-27-17-23(2)35(25(27)4)31-14-10-7-11-15-31/h6-19H,20-21H2,1-5H3/b28-18-,29-19+. The topological polar surface area (TPSA) is 30.2 Å². The fourth-order valence-electron chi connectivity index (χ4n) is 5.40. The molecule has 0 radical (unpaired) electrons. The highest BCUT2D eigenvalue weighted by Gasteiger charge is 2.25. The highest BCUT2D eigenvalue weighted by atomic mass is 16.1. The van der Waals surface area contributed by atoms with Crippen LogP contribution in [0.25, 0.3) is 23.5 Å². The van der Waals surface area contributed by atoms with Crippen LogP contribution in [0.5, 0.6) is 0 Å². The lowest BCUT2D eigenvalue weighted by molar-refractivity contribution is -0.113. The number of hydrogen-bond acceptors (Lipinski definition) is 2. The molecule has 1 aliphatic rings. The molecule has 36 heavy (non-hydrogen) atoms. The largest absolute Gasteiger partial charge is 0.318 e. The van der Waals surface area contributed by atoms with E-state index in [1.807, 2.05) is 12.1 Å². The number of para-hydroxylation sites is 2. The molecule has 1 fully saturated rings. The molecule has 3 heterocycles. The van der Waals surface area contributed by atoms with Gasteiger partial charge in [-0.3, -0.25) is 9.69 Å². The third-order valence-corrected chi connectivity index (χ3v) is 7.09. The van der Waals surface area contributed by atoms with Crippen molar-refractivity contribution in [1.29, 1.82) is 0 Å². The molecule has 182 valence electrons. The van der Waals surface area contributed by atoms with Gasteiger partial charge in [0.05, 0.1) is 0 Å². The number of nitrogens with zero attached hydrogens (tertiary/aromatic N) is 3. The molecule has 4 heteroatoms. The zero-order chi connectivity index (χ0) is 25.4. The number of aromatic nitrogens is 2. The molecule has 0 aliphatic carbocycles. The highest BCUT2D eigenvalue weighted by Crippen LogP contribution is 2.28. The molecule has 5 rings (SSSR count). The second-order valence-electron chi connectivity index (χ2n) is 9.84. The van der Waals surface area contributed by atoms with Crippen LogP contribution in [0.2, 0.25) is 0 Å². The van der Waals surface area contributed by atoms with Gasteiger partial charge in [0.15, 0.2) is 5.78 Å². The van der Waals surface area contributed by atoms with Crippen LogP contribution in [0.4, 0.5) is 0 Å². The summed E-state index contributed by atoms with van der Waals surface area (Å²) in [6, 6.07) is 25.1. The normalized spacial score (nSPS) is 16.9. The quantitative estimate of drug-likeness (QED) is 0.316. The number of rotatable bonds is 4. The lowest BCUT2D eigenvalue weighted by atomic mass is 9.94. The third kappa shape index (κ3) is 4.40. The van der Waals surface area contributed by atoms with E-state index in [2.05, 4.69) is 122 Å². The van der Waals surface area contributed by atoms with E-state index in [-0.39, 0.29) is 5.78 Å². The number of aryl methyl sites for hydroxylation is 2. The van der Waals surface area contributed by atoms with Crippen molar-refractivity contribution in [1.82, 2.24) is 14.0 Å². The van der Waals surface area contributed by atoms with E-state index in [0.717, 1.165) is 56.4 Å². The number of likely N-dealkylation sites (tertiary alicyclic amines) is 1. The maximum atomic E-state index is 13.6. The van der Waals surface area contributed by atoms with Crippen molar-refractivity contribution < 1.29 is 4.79 Å². The molecule has 1 aliphatic heterocycles. The smallest absolute Gasteiger partial charge is 0.187 e. The summed E-state index contributed by atoms with van der Waals surface area (Å²) in [5.74, 6) is 0.141. The molecule has 2 aromatic heterocycles. The Hall–Kier alpha value is -3.89. The average Bonchev–Trinajstić information content (AvgIpc) is 3.31. The maximum Gasteiger partial charge on any atom is 0.187 e. The van der Waals surface area contributed by atoms with Crippen LogP contribution in [0.3, 0.4) is 0 Å². The van der Waals surface area contributed by atoms with Crippen molar-refractivity contribution in [2.45, 2.75) is 27.7 Å². The van der Waals surface area contributed by atoms with Crippen LogP contribution >= 0.6 is 0 Å². The van der Waals surface area contributed by atoms with Crippen molar-refractivity contribution in [2.75, 3.05) is 20.1 Å². The minimum Gasteiger partial charge on any atom is -0.318 e. The van der Waals surface area contributed by atoms with Gasteiger partial charge in [-0.1, -0.05) is 36.4 Å². The first-order valence-electron chi connectivity index (χ1n) is 12.5. The summed E-state index contributed by atoms with van der Waals surface area (Å²) in [6.07, 6.45) is 4.17. The summed E-state index contributed by atoms with van der Waals surface area (Å²) >= 11 is 0. The Morgan fingerprint density at radius 3 is 1.42 bits per heavy atom. The minimum atomic E-state index is 0.141. The Balaban J connectivity index is 1.51. The first kappa shape index (κ1) is 23.8. The molecule has 0 saturated carbocycles. The van der Waals surface area contributed by atoms with Gasteiger partial charge in [0.1, 0.15) is 0 Å². The zero-order valence-electron chi connectivity index (χ0n) is 21.7. The Labute approximate surface area is 213 Å². The fourth-order valence-corrected chi connectivity index (χ4v) is 5.40. The van der Waals surface area contributed by atoms with Gasteiger partial charge in [-0.05, 0) is 94.4 Å². The molecule has 0 N–H and O–H groups in total. The molecule has 4 nitrogen and oxygen atoms in total. The lowest BCUT2D eigenvalue weighted by Crippen LogP contribution is -2.34. The molecular formula is C32H33N3O. The monoisotopic (exact) mass is 475 g/mol. The maximum absolute atomic E-state index is 13.6. The minimum absolute atomic E-state index is 0.141. The number of ketones is 1. The molecule has 2 aromatic carbocycles. The van der Waals surface area contributed by atoms with Crippen LogP contribution in [0, 0.1) is 27.7 Å². The summed E-state index contributed by atoms with van der Waals surface area (Å²) in [6.45, 7) is 9.77. The van der Waals surface area contributed by atoms with Crippen LogP contribution in [-0.2, 0) is 4.79 Å². The summed E-state index contributed by atoms with van der Waals surface area (Å²) in [4.78, 5) is 15.9. The number of carbonyl (C=O) groups excluding carboxylic acids is 1. The van der Waals surface area contributed by atoms with Crippen LogP contribution in [-0.4, -0.2) is 40.0 Å². The zero-order valence-corrected chi connectivity index (χ0v) is 21.7. The van der Waals surface area contributed by atoms with E-state index in [1.54, 1.807) is 0 Å². The van der Waals surface area contributed by atoms with Crippen LogP contribution in [0.15, 0.2) is 83.9 Å². The number of likely N-dealkylation sites (N-methyl/N-ethyl adjacent to an activating group) is 1. The number of Topliss-reactive ketones (excluding diaryl/α,β-unsaturated/α-hetero) is 1. The summed E-state index contributed by atoms with van der Waals surface area (Å²) in [5.41, 5.74) is 10.7. The fraction of sp³-hybridized carbons (Fsp3) is 0.219. The number of carbonyl (C=O) groups is 1. The van der Waals surface area contributed by atoms with Gasteiger partial charge in [0.25, 0.3) is 0 Å². The van der Waals surface area contributed by atoms with E-state index in [0.29, 0.717) is 13.1 Å². The second-order valence-corrected chi connectivity index (χ2v) is 9.84. The van der Waals surface area contributed by atoms with E-state index >= 15 is 0 Å². The Bertz CT molecular complexity index is 1370. The van der Waals surface area contributed by atoms with Crippen molar-refractivity contribution in [3.05, 3.63) is 118 Å². The average molecular weight is 476 g/mol. The van der Waals surface area contributed by atoms with Crippen LogP contribution in [0.1, 0.15) is 33.9 Å². The predicted octanol–water partition coefficient (Wildman–Crippen LogP) is 6.48. The van der Waals surface area contributed by atoms with E-state index < -0.39 is 0 Å². The number of piperidine rings is 1. The lowest BCUT2D eigenvalue weighted by Gasteiger charge is -2.26. The number of benzene rings is 2. The van der Waals surface area contributed by atoms with Crippen molar-refractivity contribution in [2.24, 2.45) is 0 Å². The molecule has 1 saturated heterocycles. The van der Waals surface area contributed by atoms with Crippen molar-refractivity contribution in [3.8, 4) is 11.4 Å². The molecule has 0 unspecified atom stereocenters. The first-order chi connectivity index (χ1) is 17.3. The molecular weight excluding hydrogens is 442 g/mol. The summed E-state index contributed by atoms with van der Waals surface area (Å²) in [5, 5.41) is 0. The van der Waals surface area contributed by atoms with Gasteiger partial charge in [0, 0.05) is 58.4 Å². The molecule has 0 spiro atoms. The second kappa shape index (κ2) is 9.63. The summed E-state index contributed by atoms with van der Waals surface area (Å²) in [7, 11) is 2.08. The van der Waals surface area contributed by atoms with Gasteiger partial charge < -0.3 is 9.13 Å². The van der Waals surface area contributed by atoms with Gasteiger partial charge in [0.2, 0.25) is 0 Å². The van der Waals surface area contributed by atoms with Crippen molar-refractivity contribution in [3.63, 3.8) is 0 Å². The molecule has 0 amide bonds. The molecule has 0 atom stereocenters. The predicted molar refractivity (Wildman–Crippen MR) is 149 cm³/mol. The molecule has 0 bridgehead atoms. The van der Waals surface area contributed by atoms with E-state index in [4.69, 9.17) is 0 Å². The number of hydrogen-bond donors (Lipinski definition) is 0. The van der Waals surface area contributed by atoms with Crippen LogP contribution < -0.4 is 0 Å². The van der Waals surface area contributed by atoms with E-state index in [1.165, 1.54) is 0 Å². The van der Waals surface area contributed by atoms with E-state index in [9.17, 15) is 4.79 Å². The third-order valence-electron chi connectivity index (χ3n) is 7.09. The Kier molecular flexibility index (Phi) is 6.38. The summed E-state index contributed by atoms with van der Waals surface area (Å²) < 4.78 is 4.50. The SMILES string of the molecule is Cc1cc(/C=C2/CN(C)C/C(=C\c3cc(C)n(-c4ccccc4)c3C)C2=O)c(C)n1-c1ccccc1. The van der Waals surface area contributed by atoms with Gasteiger partial charge in [-0.2, -0.15) is 0 Å².